The summed E-state index contributed by atoms with van der Waals surface area (Å²) >= 11 is 0. The third-order valence-corrected chi connectivity index (χ3v) is 1.73. The van der Waals surface area contributed by atoms with Crippen LogP contribution in [0.15, 0.2) is 0 Å². The van der Waals surface area contributed by atoms with Gasteiger partial charge in [0.15, 0.2) is 11.8 Å². The topological polar surface area (TPSA) is 49.7 Å². The van der Waals surface area contributed by atoms with Crippen molar-refractivity contribution in [1.82, 2.24) is 0 Å². The van der Waals surface area contributed by atoms with Crippen molar-refractivity contribution in [2.24, 2.45) is 0 Å². The van der Waals surface area contributed by atoms with E-state index in [2.05, 4.69) is 4.65 Å². The number of hydrogen-bond acceptors (Lipinski definition) is 3. The molecule has 0 aliphatic heterocycles. The van der Waals surface area contributed by atoms with Crippen molar-refractivity contribution in [3.63, 3.8) is 0 Å². The molecule has 1 saturated carbocycles. The summed E-state index contributed by atoms with van der Waals surface area (Å²) in [5.41, 5.74) is -2.37. The molecular weight excluding hydrogens is 164 g/mol. The Morgan fingerprint density at radius 3 is 1.91 bits per heavy atom. The van der Waals surface area contributed by atoms with Crippen LogP contribution in [0.1, 0.15) is 6.92 Å². The molecule has 3 nitrogen and oxygen atoms in total. The molecule has 0 aromatic heterocycles. The van der Waals surface area contributed by atoms with Crippen molar-refractivity contribution >= 4 is 7.32 Å². The highest BCUT2D eigenvalue weighted by atomic mass is 19.3. The Morgan fingerprint density at radius 2 is 1.82 bits per heavy atom. The lowest BCUT2D eigenvalue weighted by Gasteiger charge is -2.08. The average molecular weight is 170 g/mol. The van der Waals surface area contributed by atoms with Crippen molar-refractivity contribution in [3.8, 4) is 0 Å². The lowest BCUT2D eigenvalue weighted by Crippen LogP contribution is -2.30. The van der Waals surface area contributed by atoms with Crippen LogP contribution in [0.25, 0.3) is 0 Å². The van der Waals surface area contributed by atoms with Gasteiger partial charge < -0.3 is 14.7 Å². The predicted octanol–water partition coefficient (Wildman–Crippen LogP) is -0.282. The Kier molecular flexibility index (Phi) is 1.70. The van der Waals surface area contributed by atoms with Gasteiger partial charge in [0.05, 0.1) is 0 Å². The summed E-state index contributed by atoms with van der Waals surface area (Å²) < 4.78 is 40.5. The number of hydrogen-bond donors (Lipinski definition) is 2. The Bertz CT molecular complexity index is 176. The zero-order valence-corrected chi connectivity index (χ0v) is 5.59. The summed E-state index contributed by atoms with van der Waals surface area (Å²) in [7, 11) is -2.37. The van der Waals surface area contributed by atoms with E-state index in [1.807, 2.05) is 0 Å². The first kappa shape index (κ1) is 8.83. The van der Waals surface area contributed by atoms with Gasteiger partial charge in [-0.15, -0.1) is 0 Å². The van der Waals surface area contributed by atoms with E-state index in [4.69, 9.17) is 10.0 Å². The minimum atomic E-state index is -3.61. The first-order chi connectivity index (χ1) is 4.82. The molecule has 2 unspecified atom stereocenters. The summed E-state index contributed by atoms with van der Waals surface area (Å²) in [5.74, 6) is -3.61. The molecule has 0 spiro atoms. The lowest BCUT2D eigenvalue weighted by atomic mass is 10.2. The fourth-order valence-corrected chi connectivity index (χ4v) is 0.817. The molecule has 2 atom stereocenters. The van der Waals surface area contributed by atoms with Crippen molar-refractivity contribution in [1.29, 1.82) is 0 Å². The van der Waals surface area contributed by atoms with Crippen LogP contribution in [0.5, 0.6) is 0 Å². The van der Waals surface area contributed by atoms with Gasteiger partial charge in [0.1, 0.15) is 0 Å². The van der Waals surface area contributed by atoms with Crippen LogP contribution in [-0.2, 0) is 4.65 Å². The second kappa shape index (κ2) is 2.12. The van der Waals surface area contributed by atoms with Gasteiger partial charge >= 0.3 is 13.2 Å². The molecule has 0 amide bonds. The van der Waals surface area contributed by atoms with Gasteiger partial charge in [-0.1, -0.05) is 0 Å². The number of halogens is 3. The molecule has 1 aliphatic carbocycles. The van der Waals surface area contributed by atoms with Gasteiger partial charge in [0.25, 0.3) is 0 Å². The standard InChI is InChI=1S/C4H6BF3O3/c1-3(11-5(9)10)2(6)4(3,7)8/h2,9-10H,1H3. The number of alkyl halides is 3. The molecule has 0 saturated heterocycles. The van der Waals surface area contributed by atoms with E-state index < -0.39 is 25.0 Å². The van der Waals surface area contributed by atoms with Crippen molar-refractivity contribution in [3.05, 3.63) is 0 Å². The Morgan fingerprint density at radius 1 is 1.45 bits per heavy atom. The maximum atomic E-state index is 12.2. The van der Waals surface area contributed by atoms with E-state index in [-0.39, 0.29) is 0 Å². The van der Waals surface area contributed by atoms with E-state index in [0.29, 0.717) is 0 Å². The van der Waals surface area contributed by atoms with Crippen molar-refractivity contribution in [2.45, 2.75) is 24.6 Å². The highest BCUT2D eigenvalue weighted by Gasteiger charge is 2.82. The molecule has 11 heavy (non-hydrogen) atoms. The zero-order chi connectivity index (χ0) is 8.86. The normalized spacial score (nSPS) is 40.4. The largest absolute Gasteiger partial charge is 0.634 e. The van der Waals surface area contributed by atoms with Gasteiger partial charge in [-0.25, -0.2) is 4.39 Å². The molecule has 64 valence electrons. The maximum Gasteiger partial charge on any atom is 0.634 e. The molecule has 7 heteroatoms. The molecule has 0 bridgehead atoms. The fourth-order valence-electron chi connectivity index (χ4n) is 0.817. The van der Waals surface area contributed by atoms with Crippen molar-refractivity contribution < 1.29 is 27.9 Å². The van der Waals surface area contributed by atoms with Gasteiger partial charge in [-0.3, -0.25) is 0 Å². The minimum absolute atomic E-state index is 0.775. The smallest absolute Gasteiger partial charge is 0.402 e. The van der Waals surface area contributed by atoms with Crippen LogP contribution in [0.4, 0.5) is 13.2 Å². The summed E-state index contributed by atoms with van der Waals surface area (Å²) in [5, 5.41) is 16.2. The predicted molar refractivity (Wildman–Crippen MR) is 29.5 cm³/mol. The Hall–Kier alpha value is -0.265. The zero-order valence-electron chi connectivity index (χ0n) is 5.59. The Labute approximate surface area is 61.0 Å². The van der Waals surface area contributed by atoms with Crippen LogP contribution in [-0.4, -0.2) is 35.1 Å². The maximum absolute atomic E-state index is 12.2. The van der Waals surface area contributed by atoms with Gasteiger partial charge in [-0.05, 0) is 6.92 Å². The van der Waals surface area contributed by atoms with Gasteiger partial charge in [0, 0.05) is 0 Å². The SMILES string of the molecule is CC1(OB(O)O)C(F)C1(F)F. The third kappa shape index (κ3) is 1.03. The van der Waals surface area contributed by atoms with Gasteiger partial charge in [0.2, 0.25) is 0 Å². The van der Waals surface area contributed by atoms with Crippen LogP contribution in [0.2, 0.25) is 0 Å². The first-order valence-corrected chi connectivity index (χ1v) is 2.88. The second-order valence-electron chi connectivity index (χ2n) is 2.54. The van der Waals surface area contributed by atoms with E-state index in [1.54, 1.807) is 0 Å². The van der Waals surface area contributed by atoms with Crippen molar-refractivity contribution in [2.75, 3.05) is 0 Å². The van der Waals surface area contributed by atoms with Crippen LogP contribution < -0.4 is 0 Å². The fraction of sp³-hybridized carbons (Fsp3) is 1.00. The lowest BCUT2D eigenvalue weighted by molar-refractivity contribution is -0.00379. The van der Waals surface area contributed by atoms with E-state index in [0.717, 1.165) is 6.92 Å². The molecule has 0 aromatic rings. The molecule has 0 heterocycles. The summed E-state index contributed by atoms with van der Waals surface area (Å²) in [6.45, 7) is 0.775. The molecule has 1 rings (SSSR count). The molecule has 0 radical (unpaired) electrons. The second-order valence-corrected chi connectivity index (χ2v) is 2.54. The van der Waals surface area contributed by atoms with Crippen LogP contribution >= 0.6 is 0 Å². The highest BCUT2D eigenvalue weighted by Crippen LogP contribution is 2.57. The quantitative estimate of drug-likeness (QED) is 0.560. The van der Waals surface area contributed by atoms with Crippen LogP contribution in [0, 0.1) is 0 Å². The molecule has 0 aromatic carbocycles. The molecule has 1 aliphatic rings. The monoisotopic (exact) mass is 170 g/mol. The molecular formula is C4H6BF3O3. The van der Waals surface area contributed by atoms with Gasteiger partial charge in [-0.2, -0.15) is 8.78 Å². The Balaban J connectivity index is 2.60. The summed E-state index contributed by atoms with van der Waals surface area (Å²) in [6.07, 6.45) is -2.46. The van der Waals surface area contributed by atoms with E-state index in [9.17, 15) is 13.2 Å². The van der Waals surface area contributed by atoms with E-state index in [1.165, 1.54) is 0 Å². The number of rotatable bonds is 2. The summed E-state index contributed by atoms with van der Waals surface area (Å²) in [6, 6.07) is 0. The third-order valence-electron chi connectivity index (χ3n) is 1.73. The molecule has 2 N–H and O–H groups in total. The summed E-state index contributed by atoms with van der Waals surface area (Å²) in [4.78, 5) is 0. The first-order valence-electron chi connectivity index (χ1n) is 2.88. The van der Waals surface area contributed by atoms with E-state index >= 15 is 0 Å². The average Bonchev–Trinajstić information content (AvgIpc) is 2.13. The van der Waals surface area contributed by atoms with Crippen LogP contribution in [0.3, 0.4) is 0 Å². The highest BCUT2D eigenvalue weighted by molar-refractivity contribution is 6.33. The minimum Gasteiger partial charge on any atom is -0.402 e. The molecule has 1 fully saturated rings.